The van der Waals surface area contributed by atoms with Gasteiger partial charge in [-0.3, -0.25) is 9.69 Å². The largest absolute Gasteiger partial charge is 0.480 e. The molecule has 1 N–H and O–H groups in total. The Morgan fingerprint density at radius 3 is 3.00 bits per heavy atom. The highest BCUT2D eigenvalue weighted by Crippen LogP contribution is 2.34. The van der Waals surface area contributed by atoms with Crippen LogP contribution in [0.3, 0.4) is 0 Å². The average Bonchev–Trinajstić information content (AvgIpc) is 2.83. The molecule has 0 aromatic carbocycles. The minimum absolute atomic E-state index is 0.210. The first-order valence-corrected chi connectivity index (χ1v) is 7.41. The van der Waals surface area contributed by atoms with E-state index in [1.807, 2.05) is 25.3 Å². The maximum absolute atomic E-state index is 11.6. The highest BCUT2D eigenvalue weighted by atomic mass is 32.1. The van der Waals surface area contributed by atoms with E-state index in [9.17, 15) is 9.90 Å². The molecule has 1 aliphatic heterocycles. The number of carbonyl (C=O) groups is 1. The van der Waals surface area contributed by atoms with Crippen molar-refractivity contribution in [2.75, 3.05) is 20.2 Å². The van der Waals surface area contributed by atoms with E-state index in [1.54, 1.807) is 18.4 Å². The lowest BCUT2D eigenvalue weighted by Gasteiger charge is -2.35. The SMILES string of the molecule is COC(C)(C)CCN1CCc2sccc2C1C(=O)O. The molecule has 0 saturated heterocycles. The highest BCUT2D eigenvalue weighted by Gasteiger charge is 2.34. The molecule has 0 fully saturated rings. The van der Waals surface area contributed by atoms with Gasteiger partial charge in [0, 0.05) is 25.1 Å². The second kappa shape index (κ2) is 5.61. The molecule has 1 aromatic heterocycles. The van der Waals surface area contributed by atoms with Gasteiger partial charge >= 0.3 is 5.97 Å². The highest BCUT2D eigenvalue weighted by molar-refractivity contribution is 7.10. The molecule has 0 amide bonds. The van der Waals surface area contributed by atoms with Crippen LogP contribution in [0.5, 0.6) is 0 Å². The number of rotatable bonds is 5. The van der Waals surface area contributed by atoms with Crippen molar-refractivity contribution in [1.29, 1.82) is 0 Å². The van der Waals surface area contributed by atoms with Gasteiger partial charge in [0.05, 0.1) is 5.60 Å². The van der Waals surface area contributed by atoms with Gasteiger partial charge in [-0.1, -0.05) is 0 Å². The lowest BCUT2D eigenvalue weighted by atomic mass is 9.98. The molecule has 1 atom stereocenters. The molecule has 0 saturated carbocycles. The number of hydrogen-bond acceptors (Lipinski definition) is 4. The Bertz CT molecular complexity index is 455. The van der Waals surface area contributed by atoms with Gasteiger partial charge in [-0.25, -0.2) is 0 Å². The number of carboxylic acid groups (broad SMARTS) is 1. The van der Waals surface area contributed by atoms with Gasteiger partial charge in [-0.15, -0.1) is 11.3 Å². The summed E-state index contributed by atoms with van der Waals surface area (Å²) in [5, 5.41) is 11.5. The molecule has 5 heteroatoms. The van der Waals surface area contributed by atoms with Crippen LogP contribution in [0.1, 0.15) is 36.8 Å². The van der Waals surface area contributed by atoms with Crippen molar-refractivity contribution in [2.45, 2.75) is 38.3 Å². The molecule has 4 nitrogen and oxygen atoms in total. The van der Waals surface area contributed by atoms with Crippen LogP contribution >= 0.6 is 11.3 Å². The molecule has 1 aromatic rings. The second-order valence-corrected chi connectivity index (χ2v) is 6.54. The van der Waals surface area contributed by atoms with E-state index < -0.39 is 12.0 Å². The number of aliphatic carboxylic acids is 1. The molecule has 0 spiro atoms. The van der Waals surface area contributed by atoms with Crippen LogP contribution < -0.4 is 0 Å². The van der Waals surface area contributed by atoms with E-state index in [4.69, 9.17) is 4.74 Å². The standard InChI is InChI=1S/C14H21NO3S/c1-14(2,18-3)6-8-15-7-4-11-10(5-9-19-11)12(15)13(16)17/h5,9,12H,4,6-8H2,1-3H3,(H,16,17). The zero-order valence-corrected chi connectivity index (χ0v) is 12.5. The number of hydrogen-bond donors (Lipinski definition) is 1. The molecular weight excluding hydrogens is 262 g/mol. The first-order valence-electron chi connectivity index (χ1n) is 6.53. The lowest BCUT2D eigenvalue weighted by molar-refractivity contribution is -0.144. The van der Waals surface area contributed by atoms with Crippen LogP contribution in [0.25, 0.3) is 0 Å². The second-order valence-electron chi connectivity index (χ2n) is 5.54. The molecular formula is C14H21NO3S. The van der Waals surface area contributed by atoms with E-state index >= 15 is 0 Å². The van der Waals surface area contributed by atoms with Crippen molar-refractivity contribution in [3.63, 3.8) is 0 Å². The fraction of sp³-hybridized carbons (Fsp3) is 0.643. The fourth-order valence-corrected chi connectivity index (χ4v) is 3.32. The number of fused-ring (bicyclic) bond motifs is 1. The minimum Gasteiger partial charge on any atom is -0.480 e. The number of nitrogens with zero attached hydrogens (tertiary/aromatic N) is 1. The van der Waals surface area contributed by atoms with E-state index in [1.165, 1.54) is 4.88 Å². The summed E-state index contributed by atoms with van der Waals surface area (Å²) in [4.78, 5) is 14.8. The van der Waals surface area contributed by atoms with Crippen molar-refractivity contribution in [1.82, 2.24) is 4.90 Å². The normalized spacial score (nSPS) is 20.3. The van der Waals surface area contributed by atoms with Gasteiger partial charge in [0.25, 0.3) is 0 Å². The Morgan fingerprint density at radius 2 is 2.37 bits per heavy atom. The molecule has 19 heavy (non-hydrogen) atoms. The molecule has 2 rings (SSSR count). The molecule has 2 heterocycles. The Morgan fingerprint density at radius 1 is 1.63 bits per heavy atom. The van der Waals surface area contributed by atoms with Crippen LogP contribution in [0, 0.1) is 0 Å². The van der Waals surface area contributed by atoms with Gasteiger partial charge in [-0.2, -0.15) is 0 Å². The van der Waals surface area contributed by atoms with Gasteiger partial charge in [0.2, 0.25) is 0 Å². The van der Waals surface area contributed by atoms with Gasteiger partial charge in [0.15, 0.2) is 0 Å². The Kier molecular flexibility index (Phi) is 4.28. The quantitative estimate of drug-likeness (QED) is 0.902. The van der Waals surface area contributed by atoms with Gasteiger partial charge in [-0.05, 0) is 43.7 Å². The van der Waals surface area contributed by atoms with Crippen molar-refractivity contribution < 1.29 is 14.6 Å². The monoisotopic (exact) mass is 283 g/mol. The third kappa shape index (κ3) is 3.16. The fourth-order valence-electron chi connectivity index (χ4n) is 2.41. The summed E-state index contributed by atoms with van der Waals surface area (Å²) < 4.78 is 5.41. The summed E-state index contributed by atoms with van der Waals surface area (Å²) in [6, 6.07) is 1.45. The molecule has 1 aliphatic rings. The summed E-state index contributed by atoms with van der Waals surface area (Å²) >= 11 is 1.66. The first-order chi connectivity index (χ1) is 8.94. The van der Waals surface area contributed by atoms with Gasteiger partial charge < -0.3 is 9.84 Å². The summed E-state index contributed by atoms with van der Waals surface area (Å²) in [6.07, 6.45) is 1.77. The lowest BCUT2D eigenvalue weighted by Crippen LogP contribution is -2.41. The summed E-state index contributed by atoms with van der Waals surface area (Å²) in [5.74, 6) is -0.755. The summed E-state index contributed by atoms with van der Waals surface area (Å²) in [5.41, 5.74) is 0.761. The Hall–Kier alpha value is -0.910. The maximum atomic E-state index is 11.6. The third-order valence-corrected chi connectivity index (χ3v) is 4.85. The van der Waals surface area contributed by atoms with E-state index in [0.717, 1.165) is 31.5 Å². The van der Waals surface area contributed by atoms with Crippen LogP contribution in [-0.4, -0.2) is 41.8 Å². The topological polar surface area (TPSA) is 49.8 Å². The predicted molar refractivity (Wildman–Crippen MR) is 75.7 cm³/mol. The number of carboxylic acids is 1. The summed E-state index contributed by atoms with van der Waals surface area (Å²) in [6.45, 7) is 5.61. The molecule has 1 unspecified atom stereocenters. The average molecular weight is 283 g/mol. The zero-order valence-electron chi connectivity index (χ0n) is 11.7. The van der Waals surface area contributed by atoms with E-state index in [-0.39, 0.29) is 5.60 Å². The molecule has 0 bridgehead atoms. The van der Waals surface area contributed by atoms with Crippen LogP contribution in [0.15, 0.2) is 11.4 Å². The predicted octanol–water partition coefficient (Wildman–Crippen LogP) is 2.55. The molecule has 106 valence electrons. The van der Waals surface area contributed by atoms with Crippen molar-refractivity contribution >= 4 is 17.3 Å². The van der Waals surface area contributed by atoms with Crippen LogP contribution in [0.2, 0.25) is 0 Å². The Labute approximate surface area is 118 Å². The number of ether oxygens (including phenoxy) is 1. The van der Waals surface area contributed by atoms with Crippen molar-refractivity contribution in [2.24, 2.45) is 0 Å². The maximum Gasteiger partial charge on any atom is 0.325 e. The number of thiophene rings is 1. The Balaban J connectivity index is 2.11. The van der Waals surface area contributed by atoms with Crippen LogP contribution in [-0.2, 0) is 16.0 Å². The van der Waals surface area contributed by atoms with E-state index in [0.29, 0.717) is 0 Å². The molecule has 0 aliphatic carbocycles. The molecule has 0 radical (unpaired) electrons. The van der Waals surface area contributed by atoms with Crippen LogP contribution in [0.4, 0.5) is 0 Å². The smallest absolute Gasteiger partial charge is 0.325 e. The number of methoxy groups -OCH3 is 1. The van der Waals surface area contributed by atoms with Crippen molar-refractivity contribution in [3.05, 3.63) is 21.9 Å². The van der Waals surface area contributed by atoms with E-state index in [2.05, 4.69) is 4.90 Å². The third-order valence-electron chi connectivity index (χ3n) is 3.85. The summed E-state index contributed by atoms with van der Waals surface area (Å²) in [7, 11) is 1.70. The minimum atomic E-state index is -0.755. The zero-order chi connectivity index (χ0) is 14.0. The first kappa shape index (κ1) is 14.5. The van der Waals surface area contributed by atoms with Crippen molar-refractivity contribution in [3.8, 4) is 0 Å². The van der Waals surface area contributed by atoms with Gasteiger partial charge in [0.1, 0.15) is 6.04 Å².